The first kappa shape index (κ1) is 12.0. The molecular formula is C16H17NO2. The quantitative estimate of drug-likeness (QED) is 0.844. The van der Waals surface area contributed by atoms with Gasteiger partial charge in [-0.3, -0.25) is 4.79 Å². The highest BCUT2D eigenvalue weighted by Crippen LogP contribution is 2.23. The van der Waals surface area contributed by atoms with E-state index in [1.807, 2.05) is 24.4 Å². The smallest absolute Gasteiger partial charge is 0.179 e. The molecule has 0 radical (unpaired) electrons. The summed E-state index contributed by atoms with van der Waals surface area (Å²) < 4.78 is 7.29. The van der Waals surface area contributed by atoms with E-state index in [0.29, 0.717) is 6.42 Å². The average molecular weight is 255 g/mol. The molecule has 0 atom stereocenters. The molecule has 0 spiro atoms. The maximum atomic E-state index is 12.0. The molecule has 3 nitrogen and oxygen atoms in total. The van der Waals surface area contributed by atoms with Gasteiger partial charge >= 0.3 is 0 Å². The van der Waals surface area contributed by atoms with Crippen LogP contribution in [0.3, 0.4) is 0 Å². The lowest BCUT2D eigenvalue weighted by Gasteiger charge is -2.15. The summed E-state index contributed by atoms with van der Waals surface area (Å²) in [7, 11) is 1.67. The summed E-state index contributed by atoms with van der Waals surface area (Å²) in [4.78, 5) is 12.0. The van der Waals surface area contributed by atoms with E-state index >= 15 is 0 Å². The Kier molecular flexibility index (Phi) is 3.11. The van der Waals surface area contributed by atoms with Gasteiger partial charge in [-0.15, -0.1) is 0 Å². The van der Waals surface area contributed by atoms with Crippen molar-refractivity contribution in [3.05, 3.63) is 53.3 Å². The molecule has 0 amide bonds. The van der Waals surface area contributed by atoms with E-state index in [1.54, 1.807) is 7.11 Å². The van der Waals surface area contributed by atoms with Crippen LogP contribution in [0, 0.1) is 0 Å². The fraction of sp³-hybridized carbons (Fsp3) is 0.312. The Morgan fingerprint density at radius 3 is 3.00 bits per heavy atom. The largest absolute Gasteiger partial charge is 0.497 e. The third-order valence-corrected chi connectivity index (χ3v) is 3.65. The number of fused-ring (bicyclic) bond motifs is 1. The van der Waals surface area contributed by atoms with E-state index < -0.39 is 0 Å². The number of carbonyl (C=O) groups excluding carboxylic acids is 1. The summed E-state index contributed by atoms with van der Waals surface area (Å²) in [6, 6.07) is 10.1. The van der Waals surface area contributed by atoms with E-state index in [9.17, 15) is 4.79 Å². The molecule has 0 saturated carbocycles. The van der Waals surface area contributed by atoms with Gasteiger partial charge < -0.3 is 9.30 Å². The van der Waals surface area contributed by atoms with Gasteiger partial charge in [0, 0.05) is 19.2 Å². The van der Waals surface area contributed by atoms with Crippen LogP contribution in [0.25, 0.3) is 0 Å². The number of aromatic nitrogens is 1. The first-order valence-electron chi connectivity index (χ1n) is 6.62. The normalized spacial score (nSPS) is 14.3. The van der Waals surface area contributed by atoms with Crippen molar-refractivity contribution < 1.29 is 9.53 Å². The van der Waals surface area contributed by atoms with Gasteiger partial charge in [0.25, 0.3) is 0 Å². The number of aryl methyl sites for hydroxylation is 1. The highest BCUT2D eigenvalue weighted by Gasteiger charge is 2.21. The Balaban J connectivity index is 1.91. The summed E-state index contributed by atoms with van der Waals surface area (Å²) in [6.07, 6.45) is 4.70. The number of carbonyl (C=O) groups is 1. The van der Waals surface area contributed by atoms with Gasteiger partial charge in [0.15, 0.2) is 5.78 Å². The molecule has 98 valence electrons. The van der Waals surface area contributed by atoms with Gasteiger partial charge in [0.1, 0.15) is 5.75 Å². The van der Waals surface area contributed by atoms with Crippen LogP contribution < -0.4 is 4.74 Å². The number of methoxy groups -OCH3 is 1. The second-order valence-electron chi connectivity index (χ2n) is 4.95. The minimum absolute atomic E-state index is 0.272. The summed E-state index contributed by atoms with van der Waals surface area (Å²) in [6.45, 7) is 0.721. The Bertz CT molecular complexity index is 613. The molecule has 0 saturated heterocycles. The lowest BCUT2D eigenvalue weighted by molar-refractivity contribution is 0.0963. The van der Waals surface area contributed by atoms with Crippen molar-refractivity contribution in [2.24, 2.45) is 0 Å². The van der Waals surface area contributed by atoms with Crippen molar-refractivity contribution in [1.82, 2.24) is 4.57 Å². The summed E-state index contributed by atoms with van der Waals surface area (Å²) >= 11 is 0. The Morgan fingerprint density at radius 2 is 2.16 bits per heavy atom. The number of Topliss-reactive ketones (excluding diaryl/α,β-unsaturated/α-hetero) is 1. The van der Waals surface area contributed by atoms with E-state index in [-0.39, 0.29) is 5.78 Å². The van der Waals surface area contributed by atoms with Crippen molar-refractivity contribution in [3.63, 3.8) is 0 Å². The predicted molar refractivity (Wildman–Crippen MR) is 73.8 cm³/mol. The molecule has 1 aliphatic carbocycles. The molecule has 1 aromatic carbocycles. The third kappa shape index (κ3) is 2.28. The van der Waals surface area contributed by atoms with Crippen LogP contribution in [0.4, 0.5) is 0 Å². The van der Waals surface area contributed by atoms with Crippen molar-refractivity contribution >= 4 is 5.78 Å². The van der Waals surface area contributed by atoms with Crippen molar-refractivity contribution in [1.29, 1.82) is 0 Å². The van der Waals surface area contributed by atoms with Crippen LogP contribution in [-0.4, -0.2) is 17.5 Å². The summed E-state index contributed by atoms with van der Waals surface area (Å²) in [5.41, 5.74) is 3.24. The second kappa shape index (κ2) is 4.92. The number of nitrogens with zero attached hydrogens (tertiary/aromatic N) is 1. The molecule has 0 aliphatic heterocycles. The van der Waals surface area contributed by atoms with Gasteiger partial charge in [-0.25, -0.2) is 0 Å². The maximum absolute atomic E-state index is 12.0. The fourth-order valence-electron chi connectivity index (χ4n) is 2.72. The summed E-state index contributed by atoms with van der Waals surface area (Å²) in [5, 5.41) is 0. The molecule has 19 heavy (non-hydrogen) atoms. The van der Waals surface area contributed by atoms with Crippen LogP contribution >= 0.6 is 0 Å². The lowest BCUT2D eigenvalue weighted by Crippen LogP contribution is -2.15. The lowest BCUT2D eigenvalue weighted by atomic mass is 9.97. The van der Waals surface area contributed by atoms with Crippen LogP contribution in [0.15, 0.2) is 36.5 Å². The first-order chi connectivity index (χ1) is 9.28. The molecule has 1 aromatic heterocycles. The zero-order chi connectivity index (χ0) is 13.2. The van der Waals surface area contributed by atoms with Gasteiger partial charge in [0.05, 0.1) is 12.8 Å². The molecule has 0 unspecified atom stereocenters. The molecule has 0 N–H and O–H groups in total. The Hall–Kier alpha value is -2.03. The average Bonchev–Trinajstić information content (AvgIpc) is 2.84. The third-order valence-electron chi connectivity index (χ3n) is 3.65. The highest BCUT2D eigenvalue weighted by molar-refractivity contribution is 5.97. The number of rotatable bonds is 3. The molecular weight excluding hydrogens is 238 g/mol. The molecule has 1 aliphatic rings. The van der Waals surface area contributed by atoms with Gasteiger partial charge in [-0.05, 0) is 42.2 Å². The number of ether oxygens (including phenoxy) is 1. The van der Waals surface area contributed by atoms with Crippen molar-refractivity contribution in [2.75, 3.05) is 7.11 Å². The topological polar surface area (TPSA) is 31.2 Å². The number of ketones is 1. The van der Waals surface area contributed by atoms with Gasteiger partial charge in [0.2, 0.25) is 0 Å². The molecule has 0 fully saturated rings. The molecule has 3 heteroatoms. The highest BCUT2D eigenvalue weighted by atomic mass is 16.5. The van der Waals surface area contributed by atoms with E-state index in [0.717, 1.165) is 36.4 Å². The molecule has 2 aromatic rings. The van der Waals surface area contributed by atoms with Crippen molar-refractivity contribution in [2.45, 2.75) is 25.8 Å². The predicted octanol–water partition coefficient (Wildman–Crippen LogP) is 3.06. The van der Waals surface area contributed by atoms with Crippen molar-refractivity contribution in [3.8, 4) is 5.75 Å². The van der Waals surface area contributed by atoms with Crippen LogP contribution in [-0.2, 0) is 13.0 Å². The monoisotopic (exact) mass is 255 g/mol. The van der Waals surface area contributed by atoms with E-state index in [4.69, 9.17) is 4.74 Å². The Labute approximate surface area is 112 Å². The standard InChI is InChI=1S/C16H17NO2/c1-19-14-6-2-4-12(10-14)11-17-9-8-13-5-3-7-15(18)16(13)17/h2,4,6,8-10H,3,5,7,11H2,1H3. The van der Waals surface area contributed by atoms with E-state index in [2.05, 4.69) is 16.7 Å². The molecule has 1 heterocycles. The molecule has 3 rings (SSSR count). The number of hydrogen-bond acceptors (Lipinski definition) is 2. The van der Waals surface area contributed by atoms with E-state index in [1.165, 1.54) is 5.56 Å². The SMILES string of the molecule is COc1cccc(Cn2ccc3c2C(=O)CCC3)c1. The first-order valence-corrected chi connectivity index (χ1v) is 6.62. The van der Waals surface area contributed by atoms with Crippen LogP contribution in [0.1, 0.15) is 34.5 Å². The maximum Gasteiger partial charge on any atom is 0.179 e. The van der Waals surface area contributed by atoms with Crippen LogP contribution in [0.2, 0.25) is 0 Å². The zero-order valence-electron chi connectivity index (χ0n) is 11.1. The fourth-order valence-corrected chi connectivity index (χ4v) is 2.72. The van der Waals surface area contributed by atoms with Crippen LogP contribution in [0.5, 0.6) is 5.75 Å². The second-order valence-corrected chi connectivity index (χ2v) is 4.95. The van der Waals surface area contributed by atoms with Gasteiger partial charge in [-0.2, -0.15) is 0 Å². The van der Waals surface area contributed by atoms with Gasteiger partial charge in [-0.1, -0.05) is 12.1 Å². The number of hydrogen-bond donors (Lipinski definition) is 0. The minimum atomic E-state index is 0.272. The number of benzene rings is 1. The summed E-state index contributed by atoms with van der Waals surface area (Å²) in [5.74, 6) is 1.12. The zero-order valence-corrected chi connectivity index (χ0v) is 11.1. The Morgan fingerprint density at radius 1 is 1.26 bits per heavy atom. The minimum Gasteiger partial charge on any atom is -0.497 e. The molecule has 0 bridgehead atoms.